The first kappa shape index (κ1) is 14.5. The normalized spacial score (nSPS) is 11.9. The number of nitrogens with one attached hydrogen (secondary N) is 1. The van der Waals surface area contributed by atoms with Crippen LogP contribution in [0.15, 0.2) is 18.2 Å². The van der Waals surface area contributed by atoms with Gasteiger partial charge in [0.1, 0.15) is 11.8 Å². The van der Waals surface area contributed by atoms with Gasteiger partial charge in [-0.05, 0) is 30.5 Å². The third kappa shape index (κ3) is 4.05. The standard InChI is InChI=1S/C15H22N2O/c1-4-6-14(5-2)17-11-12-7-8-13(10-16)15(9-12)18-3/h7-9,14,17H,4-6,11H2,1-3H3. The molecule has 18 heavy (non-hydrogen) atoms. The molecule has 0 saturated carbocycles. The number of rotatable bonds is 7. The van der Waals surface area contributed by atoms with Crippen molar-refractivity contribution >= 4 is 0 Å². The lowest BCUT2D eigenvalue weighted by Crippen LogP contribution is -2.27. The summed E-state index contributed by atoms with van der Waals surface area (Å²) in [5, 5.41) is 12.5. The van der Waals surface area contributed by atoms with Gasteiger partial charge in [0.25, 0.3) is 0 Å². The van der Waals surface area contributed by atoms with Crippen LogP contribution in [0.25, 0.3) is 0 Å². The highest BCUT2D eigenvalue weighted by molar-refractivity contribution is 5.45. The molecule has 1 atom stereocenters. The van der Waals surface area contributed by atoms with Crippen LogP contribution in [-0.2, 0) is 6.54 Å². The van der Waals surface area contributed by atoms with E-state index in [0.29, 0.717) is 17.4 Å². The molecular formula is C15H22N2O. The van der Waals surface area contributed by atoms with Crippen molar-refractivity contribution in [3.05, 3.63) is 29.3 Å². The van der Waals surface area contributed by atoms with E-state index in [1.165, 1.54) is 12.8 Å². The Morgan fingerprint density at radius 1 is 1.39 bits per heavy atom. The SMILES string of the molecule is CCCC(CC)NCc1ccc(C#N)c(OC)c1. The van der Waals surface area contributed by atoms with E-state index in [4.69, 9.17) is 10.00 Å². The van der Waals surface area contributed by atoms with Crippen molar-refractivity contribution in [2.24, 2.45) is 0 Å². The van der Waals surface area contributed by atoms with Gasteiger partial charge < -0.3 is 10.1 Å². The number of hydrogen-bond donors (Lipinski definition) is 1. The minimum absolute atomic E-state index is 0.566. The highest BCUT2D eigenvalue weighted by atomic mass is 16.5. The van der Waals surface area contributed by atoms with Crippen molar-refractivity contribution in [3.8, 4) is 11.8 Å². The fraction of sp³-hybridized carbons (Fsp3) is 0.533. The van der Waals surface area contributed by atoms with Gasteiger partial charge in [-0.25, -0.2) is 0 Å². The lowest BCUT2D eigenvalue weighted by Gasteiger charge is -2.16. The molecule has 1 unspecified atom stereocenters. The molecule has 0 aliphatic carbocycles. The van der Waals surface area contributed by atoms with Crippen molar-refractivity contribution in [1.29, 1.82) is 5.26 Å². The molecule has 0 spiro atoms. The zero-order valence-corrected chi connectivity index (χ0v) is 11.5. The molecule has 0 heterocycles. The summed E-state index contributed by atoms with van der Waals surface area (Å²) in [7, 11) is 1.60. The number of benzene rings is 1. The number of ether oxygens (including phenoxy) is 1. The lowest BCUT2D eigenvalue weighted by atomic mass is 10.1. The molecule has 3 nitrogen and oxygen atoms in total. The molecule has 0 aliphatic rings. The molecule has 0 bridgehead atoms. The molecule has 1 N–H and O–H groups in total. The number of nitriles is 1. The zero-order valence-electron chi connectivity index (χ0n) is 11.5. The Hall–Kier alpha value is -1.53. The molecule has 0 saturated heterocycles. The summed E-state index contributed by atoms with van der Waals surface area (Å²) in [5.74, 6) is 0.653. The maximum Gasteiger partial charge on any atom is 0.136 e. The van der Waals surface area contributed by atoms with Crippen molar-refractivity contribution in [2.75, 3.05) is 7.11 Å². The second-order valence-electron chi connectivity index (χ2n) is 4.42. The predicted octanol–water partition coefficient (Wildman–Crippen LogP) is 3.24. The van der Waals surface area contributed by atoms with E-state index in [1.54, 1.807) is 7.11 Å². The summed E-state index contributed by atoms with van der Waals surface area (Å²) in [5.41, 5.74) is 1.74. The van der Waals surface area contributed by atoms with Gasteiger partial charge in [-0.15, -0.1) is 0 Å². The number of nitrogens with zero attached hydrogens (tertiary/aromatic N) is 1. The van der Waals surface area contributed by atoms with Crippen molar-refractivity contribution in [1.82, 2.24) is 5.32 Å². The maximum absolute atomic E-state index is 8.92. The third-order valence-corrected chi connectivity index (χ3v) is 3.11. The molecule has 3 heteroatoms. The van der Waals surface area contributed by atoms with Crippen LogP contribution in [0, 0.1) is 11.3 Å². The summed E-state index contributed by atoms with van der Waals surface area (Å²) in [4.78, 5) is 0. The van der Waals surface area contributed by atoms with Gasteiger partial charge in [0, 0.05) is 12.6 Å². The summed E-state index contributed by atoms with van der Waals surface area (Å²) in [6.07, 6.45) is 3.54. The fourth-order valence-electron chi connectivity index (χ4n) is 2.00. The molecular weight excluding hydrogens is 224 g/mol. The molecule has 0 amide bonds. The van der Waals surface area contributed by atoms with E-state index in [-0.39, 0.29) is 0 Å². The molecule has 0 aromatic heterocycles. The minimum atomic E-state index is 0.566. The molecule has 98 valence electrons. The third-order valence-electron chi connectivity index (χ3n) is 3.11. The summed E-state index contributed by atoms with van der Waals surface area (Å²) < 4.78 is 5.21. The molecule has 1 aromatic rings. The first-order valence-corrected chi connectivity index (χ1v) is 6.55. The van der Waals surface area contributed by atoms with Crippen LogP contribution in [0.5, 0.6) is 5.75 Å². The van der Waals surface area contributed by atoms with Crippen molar-refractivity contribution < 1.29 is 4.74 Å². The van der Waals surface area contributed by atoms with E-state index >= 15 is 0 Å². The molecule has 1 rings (SSSR count). The monoisotopic (exact) mass is 246 g/mol. The maximum atomic E-state index is 8.92. The topological polar surface area (TPSA) is 45.0 Å². The first-order chi connectivity index (χ1) is 8.74. The Bertz CT molecular complexity index is 409. The molecule has 1 aromatic carbocycles. The Balaban J connectivity index is 2.65. The summed E-state index contributed by atoms with van der Waals surface area (Å²) in [6.45, 7) is 5.22. The smallest absolute Gasteiger partial charge is 0.136 e. The minimum Gasteiger partial charge on any atom is -0.495 e. The highest BCUT2D eigenvalue weighted by Crippen LogP contribution is 2.19. The summed E-state index contributed by atoms with van der Waals surface area (Å²) >= 11 is 0. The quantitative estimate of drug-likeness (QED) is 0.803. The van der Waals surface area contributed by atoms with Crippen LogP contribution >= 0.6 is 0 Å². The molecule has 0 radical (unpaired) electrons. The largest absolute Gasteiger partial charge is 0.495 e. The predicted molar refractivity (Wildman–Crippen MR) is 73.5 cm³/mol. The van der Waals surface area contributed by atoms with Gasteiger partial charge in [0.05, 0.1) is 12.7 Å². The van der Waals surface area contributed by atoms with Crippen LogP contribution in [0.2, 0.25) is 0 Å². The van der Waals surface area contributed by atoms with Gasteiger partial charge in [0.2, 0.25) is 0 Å². The van der Waals surface area contributed by atoms with E-state index in [2.05, 4.69) is 25.2 Å². The van der Waals surface area contributed by atoms with Gasteiger partial charge in [0.15, 0.2) is 0 Å². The number of hydrogen-bond acceptors (Lipinski definition) is 3. The zero-order chi connectivity index (χ0) is 13.4. The van der Waals surface area contributed by atoms with Gasteiger partial charge in [-0.3, -0.25) is 0 Å². The van der Waals surface area contributed by atoms with E-state index in [1.807, 2.05) is 18.2 Å². The average Bonchev–Trinajstić information content (AvgIpc) is 2.42. The molecule has 0 fully saturated rings. The Morgan fingerprint density at radius 2 is 2.17 bits per heavy atom. The van der Waals surface area contributed by atoms with E-state index in [9.17, 15) is 0 Å². The van der Waals surface area contributed by atoms with Crippen molar-refractivity contribution in [3.63, 3.8) is 0 Å². The van der Waals surface area contributed by atoms with Gasteiger partial charge >= 0.3 is 0 Å². The summed E-state index contributed by atoms with van der Waals surface area (Å²) in [6, 6.07) is 8.42. The van der Waals surface area contributed by atoms with Crippen LogP contribution in [0.4, 0.5) is 0 Å². The fourth-order valence-corrected chi connectivity index (χ4v) is 2.00. The lowest BCUT2D eigenvalue weighted by molar-refractivity contribution is 0.412. The highest BCUT2D eigenvalue weighted by Gasteiger charge is 2.06. The first-order valence-electron chi connectivity index (χ1n) is 6.55. The van der Waals surface area contributed by atoms with Crippen LogP contribution in [-0.4, -0.2) is 13.2 Å². The van der Waals surface area contributed by atoms with Crippen LogP contribution in [0.3, 0.4) is 0 Å². The van der Waals surface area contributed by atoms with Gasteiger partial charge in [-0.1, -0.05) is 26.3 Å². The van der Waals surface area contributed by atoms with Crippen LogP contribution in [0.1, 0.15) is 44.2 Å². The Labute approximate surface area is 110 Å². The second-order valence-corrected chi connectivity index (χ2v) is 4.42. The Morgan fingerprint density at radius 3 is 2.72 bits per heavy atom. The Kier molecular flexibility index (Phi) is 6.24. The van der Waals surface area contributed by atoms with E-state index in [0.717, 1.165) is 18.5 Å². The van der Waals surface area contributed by atoms with Gasteiger partial charge in [-0.2, -0.15) is 5.26 Å². The van der Waals surface area contributed by atoms with Crippen LogP contribution < -0.4 is 10.1 Å². The second kappa shape index (κ2) is 7.73. The average molecular weight is 246 g/mol. The van der Waals surface area contributed by atoms with Crippen molar-refractivity contribution in [2.45, 2.75) is 45.7 Å². The number of methoxy groups -OCH3 is 1. The van der Waals surface area contributed by atoms with E-state index < -0.39 is 0 Å². The molecule has 0 aliphatic heterocycles.